The minimum absolute atomic E-state index is 0.00722. The van der Waals surface area contributed by atoms with Crippen LogP contribution in [0.5, 0.6) is 0 Å². The molecule has 0 saturated carbocycles. The molecule has 0 aliphatic rings. The Morgan fingerprint density at radius 1 is 1.10 bits per heavy atom. The molecular formula is C24H30N4O2. The van der Waals surface area contributed by atoms with Crippen LogP contribution in [0.2, 0.25) is 0 Å². The number of hydrogen-bond acceptors (Lipinski definition) is 2. The second-order valence-electron chi connectivity index (χ2n) is 7.72. The monoisotopic (exact) mass is 406 g/mol. The summed E-state index contributed by atoms with van der Waals surface area (Å²) in [5.41, 5.74) is 5.20. The molecule has 0 aliphatic heterocycles. The summed E-state index contributed by atoms with van der Waals surface area (Å²) < 4.78 is 0. The van der Waals surface area contributed by atoms with Crippen LogP contribution >= 0.6 is 0 Å². The van der Waals surface area contributed by atoms with E-state index in [4.69, 9.17) is 0 Å². The normalized spacial score (nSPS) is 11.8. The van der Waals surface area contributed by atoms with Gasteiger partial charge in [-0.05, 0) is 54.7 Å². The zero-order valence-electron chi connectivity index (χ0n) is 17.8. The molecule has 30 heavy (non-hydrogen) atoms. The average molecular weight is 407 g/mol. The Morgan fingerprint density at radius 2 is 1.93 bits per heavy atom. The first-order valence-corrected chi connectivity index (χ1v) is 10.4. The molecule has 1 atom stereocenters. The highest BCUT2D eigenvalue weighted by molar-refractivity contribution is 5.92. The van der Waals surface area contributed by atoms with Gasteiger partial charge in [-0.15, -0.1) is 0 Å². The Bertz CT molecular complexity index is 1020. The van der Waals surface area contributed by atoms with E-state index in [1.54, 1.807) is 0 Å². The van der Waals surface area contributed by atoms with Gasteiger partial charge in [-0.2, -0.15) is 0 Å². The van der Waals surface area contributed by atoms with Gasteiger partial charge in [0.15, 0.2) is 0 Å². The van der Waals surface area contributed by atoms with Gasteiger partial charge < -0.3 is 20.9 Å². The van der Waals surface area contributed by atoms with Gasteiger partial charge in [0.25, 0.3) is 0 Å². The number of carbonyl (C=O) groups is 2. The van der Waals surface area contributed by atoms with Gasteiger partial charge in [-0.25, -0.2) is 4.79 Å². The number of carbonyl (C=O) groups excluding carboxylic acids is 2. The van der Waals surface area contributed by atoms with E-state index in [-0.39, 0.29) is 17.9 Å². The Hall–Kier alpha value is -3.28. The summed E-state index contributed by atoms with van der Waals surface area (Å²) in [6, 6.07) is 13.7. The second kappa shape index (κ2) is 9.96. The van der Waals surface area contributed by atoms with Gasteiger partial charge in [0.1, 0.15) is 0 Å². The number of H-pyrrole nitrogens is 1. The van der Waals surface area contributed by atoms with Crippen molar-refractivity contribution in [3.63, 3.8) is 0 Å². The van der Waals surface area contributed by atoms with Gasteiger partial charge in [0.05, 0.1) is 0 Å². The van der Waals surface area contributed by atoms with Crippen LogP contribution in [0, 0.1) is 12.8 Å². The maximum Gasteiger partial charge on any atom is 0.315 e. The van der Waals surface area contributed by atoms with Crippen LogP contribution in [-0.4, -0.2) is 23.5 Å². The first kappa shape index (κ1) is 21.4. The fourth-order valence-corrected chi connectivity index (χ4v) is 3.27. The number of benzene rings is 2. The van der Waals surface area contributed by atoms with Crippen molar-refractivity contribution in [2.75, 3.05) is 11.9 Å². The van der Waals surface area contributed by atoms with Crippen molar-refractivity contribution in [2.24, 2.45) is 5.92 Å². The zero-order chi connectivity index (χ0) is 21.5. The Kier molecular flexibility index (Phi) is 7.12. The molecule has 6 nitrogen and oxygen atoms in total. The average Bonchev–Trinajstić information content (AvgIpc) is 3.13. The maximum atomic E-state index is 12.1. The van der Waals surface area contributed by atoms with Crippen molar-refractivity contribution < 1.29 is 9.59 Å². The number of anilines is 1. The molecular weight excluding hydrogens is 376 g/mol. The lowest BCUT2D eigenvalue weighted by atomic mass is 10.1. The number of nitrogens with one attached hydrogen (secondary N) is 4. The molecule has 0 fully saturated rings. The Labute approximate surface area is 177 Å². The third-order valence-corrected chi connectivity index (χ3v) is 5.31. The predicted molar refractivity (Wildman–Crippen MR) is 122 cm³/mol. The van der Waals surface area contributed by atoms with E-state index in [0.29, 0.717) is 13.1 Å². The summed E-state index contributed by atoms with van der Waals surface area (Å²) >= 11 is 0. The molecule has 0 spiro atoms. The quantitative estimate of drug-likeness (QED) is 0.444. The highest BCUT2D eigenvalue weighted by atomic mass is 16.2. The summed E-state index contributed by atoms with van der Waals surface area (Å²) in [6.07, 6.45) is 3.56. The van der Waals surface area contributed by atoms with Gasteiger partial charge in [-0.1, -0.05) is 38.1 Å². The van der Waals surface area contributed by atoms with Gasteiger partial charge in [0, 0.05) is 41.8 Å². The summed E-state index contributed by atoms with van der Waals surface area (Å²) in [4.78, 5) is 27.5. The molecule has 1 unspecified atom stereocenters. The molecule has 4 N–H and O–H groups in total. The molecule has 3 rings (SSSR count). The van der Waals surface area contributed by atoms with Crippen molar-refractivity contribution in [3.05, 3.63) is 65.4 Å². The molecule has 1 aromatic heterocycles. The van der Waals surface area contributed by atoms with E-state index in [1.165, 1.54) is 16.5 Å². The second-order valence-corrected chi connectivity index (χ2v) is 7.72. The van der Waals surface area contributed by atoms with Crippen LogP contribution in [-0.2, 0) is 17.8 Å². The maximum absolute atomic E-state index is 12.1. The van der Waals surface area contributed by atoms with Crippen LogP contribution in [0.1, 0.15) is 37.0 Å². The van der Waals surface area contributed by atoms with Crippen molar-refractivity contribution in [1.82, 2.24) is 15.6 Å². The lowest BCUT2D eigenvalue weighted by Gasteiger charge is -2.12. The van der Waals surface area contributed by atoms with Crippen LogP contribution in [0.25, 0.3) is 10.9 Å². The number of rotatable bonds is 8. The molecule has 6 heteroatoms. The summed E-state index contributed by atoms with van der Waals surface area (Å²) in [5.74, 6) is -0.0217. The first-order valence-electron chi connectivity index (χ1n) is 10.4. The molecule has 0 radical (unpaired) electrons. The number of hydrogen-bond donors (Lipinski definition) is 4. The largest absolute Gasteiger partial charge is 0.361 e. The van der Waals surface area contributed by atoms with Crippen LogP contribution in [0.4, 0.5) is 10.5 Å². The first-order chi connectivity index (χ1) is 14.5. The topological polar surface area (TPSA) is 86.0 Å². The molecule has 0 bridgehead atoms. The number of aromatic amines is 1. The fourth-order valence-electron chi connectivity index (χ4n) is 3.27. The van der Waals surface area contributed by atoms with Crippen molar-refractivity contribution in [2.45, 2.75) is 40.2 Å². The third-order valence-electron chi connectivity index (χ3n) is 5.31. The van der Waals surface area contributed by atoms with Gasteiger partial charge in [-0.3, -0.25) is 4.79 Å². The minimum atomic E-state index is -0.209. The third kappa shape index (κ3) is 5.63. The van der Waals surface area contributed by atoms with Crippen molar-refractivity contribution >= 4 is 28.5 Å². The minimum Gasteiger partial charge on any atom is -0.361 e. The van der Waals surface area contributed by atoms with E-state index in [9.17, 15) is 9.59 Å². The number of fused-ring (bicyclic) bond motifs is 1. The Balaban J connectivity index is 1.45. The zero-order valence-corrected chi connectivity index (χ0v) is 17.8. The molecule has 1 heterocycles. The van der Waals surface area contributed by atoms with E-state index in [0.717, 1.165) is 29.6 Å². The lowest BCUT2D eigenvalue weighted by molar-refractivity contribution is -0.119. The van der Waals surface area contributed by atoms with Gasteiger partial charge >= 0.3 is 6.03 Å². The summed E-state index contributed by atoms with van der Waals surface area (Å²) in [6.45, 7) is 6.91. The summed E-state index contributed by atoms with van der Waals surface area (Å²) in [5, 5.41) is 9.88. The van der Waals surface area contributed by atoms with Crippen LogP contribution in [0.15, 0.2) is 48.7 Å². The van der Waals surface area contributed by atoms with Gasteiger partial charge in [0.2, 0.25) is 5.91 Å². The lowest BCUT2D eigenvalue weighted by Crippen LogP contribution is -2.36. The SMILES string of the molecule is CCC(C)C(=O)Nc1cccc(CNC(=O)NCCc2c[nH]c3cc(C)ccc23)c1. The predicted octanol–water partition coefficient (Wildman–Crippen LogP) is 4.50. The fraction of sp³-hybridized carbons (Fsp3) is 0.333. The van der Waals surface area contributed by atoms with E-state index in [1.807, 2.05) is 44.3 Å². The molecule has 0 saturated heterocycles. The number of urea groups is 1. The molecule has 3 aromatic rings. The molecule has 3 amide bonds. The van der Waals surface area contributed by atoms with E-state index in [2.05, 4.69) is 46.1 Å². The molecule has 158 valence electrons. The number of aryl methyl sites for hydroxylation is 1. The highest BCUT2D eigenvalue weighted by Crippen LogP contribution is 2.19. The summed E-state index contributed by atoms with van der Waals surface area (Å²) in [7, 11) is 0. The molecule has 0 aliphatic carbocycles. The van der Waals surface area contributed by atoms with Crippen molar-refractivity contribution in [3.8, 4) is 0 Å². The molecule has 2 aromatic carbocycles. The van der Waals surface area contributed by atoms with Crippen LogP contribution in [0.3, 0.4) is 0 Å². The Morgan fingerprint density at radius 3 is 2.73 bits per heavy atom. The van der Waals surface area contributed by atoms with Crippen molar-refractivity contribution in [1.29, 1.82) is 0 Å². The smallest absolute Gasteiger partial charge is 0.315 e. The van der Waals surface area contributed by atoms with Crippen LogP contribution < -0.4 is 16.0 Å². The number of aromatic nitrogens is 1. The van der Waals surface area contributed by atoms with E-state index < -0.39 is 0 Å². The highest BCUT2D eigenvalue weighted by Gasteiger charge is 2.11. The number of amides is 3. The standard InChI is InChI=1S/C24H30N4O2/c1-4-17(3)23(29)28-20-7-5-6-18(13-20)14-27-24(30)25-11-10-19-15-26-22-12-16(2)8-9-21(19)22/h5-9,12-13,15,17,26H,4,10-11,14H2,1-3H3,(H,28,29)(H2,25,27,30). The van der Waals surface area contributed by atoms with E-state index >= 15 is 0 Å².